The summed E-state index contributed by atoms with van der Waals surface area (Å²) in [6.45, 7) is 10.1. The fourth-order valence-electron chi connectivity index (χ4n) is 3.29. The van der Waals surface area contributed by atoms with Crippen LogP contribution in [0.3, 0.4) is 0 Å². The third-order valence-corrected chi connectivity index (χ3v) is 4.34. The number of carbonyl (C=O) groups excluding carboxylic acids is 1. The second-order valence-electron chi connectivity index (χ2n) is 6.75. The summed E-state index contributed by atoms with van der Waals surface area (Å²) in [5.74, 6) is 0.0784. The summed E-state index contributed by atoms with van der Waals surface area (Å²) in [6, 6.07) is 9.91. The van der Waals surface area contributed by atoms with Crippen molar-refractivity contribution in [1.82, 2.24) is 14.7 Å². The summed E-state index contributed by atoms with van der Waals surface area (Å²) < 4.78 is 7.68. The molecule has 5 heteroatoms. The van der Waals surface area contributed by atoms with Crippen LogP contribution in [0.2, 0.25) is 0 Å². The SMILES string of the molecule is Cc1cc(C)n(Cc2ccc(C(=O)N3C[C@@H](C)O[C@@H](C)C3)cc2)n1. The topological polar surface area (TPSA) is 47.4 Å². The van der Waals surface area contributed by atoms with Crippen molar-refractivity contribution in [1.29, 1.82) is 0 Å². The second-order valence-corrected chi connectivity index (χ2v) is 6.75. The minimum atomic E-state index is 0.0784. The molecule has 0 spiro atoms. The third-order valence-electron chi connectivity index (χ3n) is 4.34. The van der Waals surface area contributed by atoms with Gasteiger partial charge in [-0.25, -0.2) is 0 Å². The lowest BCUT2D eigenvalue weighted by Crippen LogP contribution is -2.48. The highest BCUT2D eigenvalue weighted by Gasteiger charge is 2.26. The Balaban J connectivity index is 1.70. The van der Waals surface area contributed by atoms with Gasteiger partial charge in [0, 0.05) is 24.3 Å². The molecule has 3 rings (SSSR count). The molecular weight excluding hydrogens is 302 g/mol. The van der Waals surface area contributed by atoms with E-state index in [2.05, 4.69) is 18.1 Å². The van der Waals surface area contributed by atoms with Crippen molar-refractivity contribution in [2.24, 2.45) is 0 Å². The third kappa shape index (κ3) is 3.67. The van der Waals surface area contributed by atoms with Crippen molar-refractivity contribution in [3.63, 3.8) is 0 Å². The number of aryl methyl sites for hydroxylation is 2. The number of morpholine rings is 1. The van der Waals surface area contributed by atoms with Crippen LogP contribution < -0.4 is 0 Å². The number of rotatable bonds is 3. The molecule has 0 aliphatic carbocycles. The summed E-state index contributed by atoms with van der Waals surface area (Å²) in [4.78, 5) is 14.6. The number of benzene rings is 1. The molecule has 0 radical (unpaired) electrons. The Morgan fingerprint density at radius 1 is 1.17 bits per heavy atom. The lowest BCUT2D eigenvalue weighted by atomic mass is 10.1. The first-order chi connectivity index (χ1) is 11.4. The Labute approximate surface area is 143 Å². The molecule has 1 aliphatic rings. The van der Waals surface area contributed by atoms with Gasteiger partial charge in [-0.2, -0.15) is 5.10 Å². The zero-order valence-corrected chi connectivity index (χ0v) is 14.8. The van der Waals surface area contributed by atoms with Crippen molar-refractivity contribution in [3.05, 3.63) is 52.8 Å². The number of hydrogen-bond acceptors (Lipinski definition) is 3. The van der Waals surface area contributed by atoms with Crippen molar-refractivity contribution in [3.8, 4) is 0 Å². The van der Waals surface area contributed by atoms with Crippen LogP contribution in [0.1, 0.15) is 41.2 Å². The average molecular weight is 327 g/mol. The largest absolute Gasteiger partial charge is 0.372 e. The van der Waals surface area contributed by atoms with Gasteiger partial charge in [-0.15, -0.1) is 0 Å². The molecule has 0 saturated carbocycles. The Bertz CT molecular complexity index is 711. The van der Waals surface area contributed by atoms with Crippen LogP contribution in [0.4, 0.5) is 0 Å². The van der Waals surface area contributed by atoms with Crippen LogP contribution in [-0.2, 0) is 11.3 Å². The maximum atomic E-state index is 12.7. The molecule has 1 aromatic carbocycles. The van der Waals surface area contributed by atoms with E-state index < -0.39 is 0 Å². The normalized spacial score (nSPS) is 21.1. The van der Waals surface area contributed by atoms with Gasteiger partial charge in [-0.05, 0) is 51.5 Å². The molecule has 1 aromatic heterocycles. The summed E-state index contributed by atoms with van der Waals surface area (Å²) in [5, 5.41) is 4.48. The van der Waals surface area contributed by atoms with Gasteiger partial charge in [0.2, 0.25) is 0 Å². The first kappa shape index (κ1) is 16.7. The minimum absolute atomic E-state index is 0.0784. The van der Waals surface area contributed by atoms with Crippen molar-refractivity contribution >= 4 is 5.91 Å². The van der Waals surface area contributed by atoms with Crippen molar-refractivity contribution in [2.75, 3.05) is 13.1 Å². The maximum absolute atomic E-state index is 12.7. The predicted molar refractivity (Wildman–Crippen MR) is 93.2 cm³/mol. The van der Waals surface area contributed by atoms with E-state index in [0.717, 1.165) is 29.1 Å². The predicted octanol–water partition coefficient (Wildman–Crippen LogP) is 2.80. The zero-order chi connectivity index (χ0) is 17.3. The molecule has 0 unspecified atom stereocenters. The van der Waals surface area contributed by atoms with Gasteiger partial charge >= 0.3 is 0 Å². The molecule has 1 fully saturated rings. The summed E-state index contributed by atoms with van der Waals surface area (Å²) >= 11 is 0. The van der Waals surface area contributed by atoms with E-state index in [9.17, 15) is 4.79 Å². The van der Waals surface area contributed by atoms with Gasteiger partial charge in [-0.1, -0.05) is 12.1 Å². The Morgan fingerprint density at radius 2 is 1.79 bits per heavy atom. The Morgan fingerprint density at radius 3 is 2.33 bits per heavy atom. The molecule has 2 aromatic rings. The van der Waals surface area contributed by atoms with Crippen molar-refractivity contribution in [2.45, 2.75) is 46.4 Å². The number of nitrogens with zero attached hydrogens (tertiary/aromatic N) is 3. The highest BCUT2D eigenvalue weighted by molar-refractivity contribution is 5.94. The lowest BCUT2D eigenvalue weighted by molar-refractivity contribution is -0.0586. The Hall–Kier alpha value is -2.14. The first-order valence-corrected chi connectivity index (χ1v) is 8.47. The maximum Gasteiger partial charge on any atom is 0.254 e. The second kappa shape index (κ2) is 6.77. The summed E-state index contributed by atoms with van der Waals surface area (Å²) in [7, 11) is 0. The fraction of sp³-hybridized carbons (Fsp3) is 0.474. The Kier molecular flexibility index (Phi) is 4.71. The fourth-order valence-corrected chi connectivity index (χ4v) is 3.29. The summed E-state index contributed by atoms with van der Waals surface area (Å²) in [6.07, 6.45) is 0.172. The number of carbonyl (C=O) groups is 1. The standard InChI is InChI=1S/C19H25N3O2/c1-13-9-14(2)22(20-13)12-17-5-7-18(8-6-17)19(23)21-10-15(3)24-16(4)11-21/h5-9,15-16H,10-12H2,1-4H3/t15-,16+. The number of ether oxygens (including phenoxy) is 1. The van der Waals surface area contributed by atoms with E-state index in [1.807, 2.05) is 54.6 Å². The molecule has 0 bridgehead atoms. The molecule has 24 heavy (non-hydrogen) atoms. The van der Waals surface area contributed by atoms with E-state index in [-0.39, 0.29) is 18.1 Å². The van der Waals surface area contributed by atoms with Gasteiger partial charge in [0.05, 0.1) is 24.4 Å². The molecule has 128 valence electrons. The highest BCUT2D eigenvalue weighted by Crippen LogP contribution is 2.15. The quantitative estimate of drug-likeness (QED) is 0.871. The monoisotopic (exact) mass is 327 g/mol. The molecule has 2 heterocycles. The minimum Gasteiger partial charge on any atom is -0.372 e. The molecule has 2 atom stereocenters. The van der Waals surface area contributed by atoms with E-state index in [4.69, 9.17) is 4.74 Å². The number of aromatic nitrogens is 2. The average Bonchev–Trinajstić information content (AvgIpc) is 2.84. The number of hydrogen-bond donors (Lipinski definition) is 0. The summed E-state index contributed by atoms with van der Waals surface area (Å²) in [5.41, 5.74) is 4.04. The van der Waals surface area contributed by atoms with E-state index in [1.165, 1.54) is 0 Å². The van der Waals surface area contributed by atoms with Crippen LogP contribution in [0.25, 0.3) is 0 Å². The van der Waals surface area contributed by atoms with Crippen LogP contribution in [-0.4, -0.2) is 45.9 Å². The first-order valence-electron chi connectivity index (χ1n) is 8.47. The zero-order valence-electron chi connectivity index (χ0n) is 14.8. The van der Waals surface area contributed by atoms with Crippen molar-refractivity contribution < 1.29 is 9.53 Å². The van der Waals surface area contributed by atoms with Gasteiger partial charge in [0.15, 0.2) is 0 Å². The number of amides is 1. The van der Waals surface area contributed by atoms with E-state index >= 15 is 0 Å². The molecule has 1 aliphatic heterocycles. The molecule has 1 amide bonds. The van der Waals surface area contributed by atoms with Crippen LogP contribution >= 0.6 is 0 Å². The highest BCUT2D eigenvalue weighted by atomic mass is 16.5. The molecule has 0 N–H and O–H groups in total. The van der Waals surface area contributed by atoms with Gasteiger partial charge in [0.25, 0.3) is 5.91 Å². The van der Waals surface area contributed by atoms with Gasteiger partial charge in [0.1, 0.15) is 0 Å². The van der Waals surface area contributed by atoms with Gasteiger partial charge < -0.3 is 9.64 Å². The van der Waals surface area contributed by atoms with E-state index in [1.54, 1.807) is 0 Å². The molecule has 5 nitrogen and oxygen atoms in total. The van der Waals surface area contributed by atoms with Crippen LogP contribution in [0, 0.1) is 13.8 Å². The molecule has 1 saturated heterocycles. The molecular formula is C19H25N3O2. The van der Waals surface area contributed by atoms with E-state index in [0.29, 0.717) is 13.1 Å². The van der Waals surface area contributed by atoms with Gasteiger partial charge in [-0.3, -0.25) is 9.48 Å². The lowest BCUT2D eigenvalue weighted by Gasteiger charge is -2.35. The smallest absolute Gasteiger partial charge is 0.254 e. The van der Waals surface area contributed by atoms with Crippen LogP contribution in [0.5, 0.6) is 0 Å². The van der Waals surface area contributed by atoms with Crippen LogP contribution in [0.15, 0.2) is 30.3 Å².